The van der Waals surface area contributed by atoms with Crippen LogP contribution in [0.4, 0.5) is 4.39 Å². The van der Waals surface area contributed by atoms with Crippen LogP contribution in [0, 0.1) is 5.82 Å². The molecule has 8 heteroatoms. The lowest BCUT2D eigenvalue weighted by Gasteiger charge is -2.25. The summed E-state index contributed by atoms with van der Waals surface area (Å²) >= 11 is 0. The van der Waals surface area contributed by atoms with E-state index >= 15 is 0 Å². The van der Waals surface area contributed by atoms with Crippen molar-refractivity contribution in [2.24, 2.45) is 0 Å². The second-order valence-corrected chi connectivity index (χ2v) is 9.59. The average Bonchev–Trinajstić information content (AvgIpc) is 3.20. The molecule has 2 aromatic carbocycles. The summed E-state index contributed by atoms with van der Waals surface area (Å²) in [6.45, 7) is 0.257. The normalized spacial score (nSPS) is 16.0. The highest BCUT2D eigenvalue weighted by Crippen LogP contribution is 2.21. The summed E-state index contributed by atoms with van der Waals surface area (Å²) in [6.07, 6.45) is 3.72. The summed E-state index contributed by atoms with van der Waals surface area (Å²) < 4.78 is 41.6. The van der Waals surface area contributed by atoms with Gasteiger partial charge < -0.3 is 10.2 Å². The molecule has 1 atom stereocenters. The molecule has 0 radical (unpaired) electrons. The second kappa shape index (κ2) is 9.68. The molecule has 1 fully saturated rings. The smallest absolute Gasteiger partial charge is 0.251 e. The van der Waals surface area contributed by atoms with Gasteiger partial charge >= 0.3 is 0 Å². The van der Waals surface area contributed by atoms with E-state index in [9.17, 15) is 17.6 Å². The largest absolute Gasteiger partial charge is 0.350 e. The van der Waals surface area contributed by atoms with E-state index in [0.717, 1.165) is 31.2 Å². The third-order valence-electron chi connectivity index (χ3n) is 5.40. The number of rotatable bonds is 8. The number of hydrogen-bond donors (Lipinski definition) is 2. The summed E-state index contributed by atoms with van der Waals surface area (Å²) in [5.74, 6) is -0.713. The van der Waals surface area contributed by atoms with E-state index < -0.39 is 10.0 Å². The number of halogens is 1. The van der Waals surface area contributed by atoms with Crippen LogP contribution in [0.5, 0.6) is 0 Å². The Morgan fingerprint density at radius 1 is 1.13 bits per heavy atom. The highest BCUT2D eigenvalue weighted by atomic mass is 32.2. The number of carbonyl (C=O) groups excluding carboxylic acids is 1. The number of amides is 1. The molecule has 0 saturated heterocycles. The highest BCUT2D eigenvalue weighted by molar-refractivity contribution is 7.89. The van der Waals surface area contributed by atoms with Crippen LogP contribution >= 0.6 is 0 Å². The predicted octanol–water partition coefficient (Wildman–Crippen LogP) is 3.08. The van der Waals surface area contributed by atoms with Crippen LogP contribution in [-0.2, 0) is 10.0 Å². The lowest BCUT2D eigenvalue weighted by Crippen LogP contribution is -2.35. The molecule has 2 aromatic rings. The quantitative estimate of drug-likeness (QED) is 0.671. The zero-order chi connectivity index (χ0) is 21.7. The number of hydrogen-bond acceptors (Lipinski definition) is 4. The predicted molar refractivity (Wildman–Crippen MR) is 114 cm³/mol. The Bertz CT molecular complexity index is 989. The van der Waals surface area contributed by atoms with Crippen LogP contribution in [0.2, 0.25) is 0 Å². The Kier molecular flexibility index (Phi) is 7.23. The molecule has 162 valence electrons. The van der Waals surface area contributed by atoms with Gasteiger partial charge in [0.15, 0.2) is 0 Å². The van der Waals surface area contributed by atoms with Gasteiger partial charge in [-0.1, -0.05) is 31.0 Å². The van der Waals surface area contributed by atoms with Crippen LogP contribution in [0.1, 0.15) is 47.6 Å². The second-order valence-electron chi connectivity index (χ2n) is 7.87. The molecule has 0 aliphatic heterocycles. The first kappa shape index (κ1) is 22.4. The minimum atomic E-state index is -3.67. The van der Waals surface area contributed by atoms with Crippen LogP contribution in [0.15, 0.2) is 53.4 Å². The van der Waals surface area contributed by atoms with Gasteiger partial charge in [0.05, 0.1) is 10.9 Å². The first-order valence-electron chi connectivity index (χ1n) is 10.1. The van der Waals surface area contributed by atoms with Gasteiger partial charge in [-0.2, -0.15) is 0 Å². The van der Waals surface area contributed by atoms with Gasteiger partial charge in [-0.25, -0.2) is 17.5 Å². The molecule has 1 aliphatic rings. The molecule has 0 heterocycles. The Hall–Kier alpha value is -2.29. The fourth-order valence-electron chi connectivity index (χ4n) is 3.74. The van der Waals surface area contributed by atoms with Gasteiger partial charge in [0.1, 0.15) is 5.82 Å². The number of carbonyl (C=O) groups is 1. The van der Waals surface area contributed by atoms with Gasteiger partial charge in [-0.3, -0.25) is 4.79 Å². The van der Waals surface area contributed by atoms with E-state index in [2.05, 4.69) is 10.0 Å². The summed E-state index contributed by atoms with van der Waals surface area (Å²) in [7, 11) is 0.0295. The first-order chi connectivity index (χ1) is 14.3. The number of sulfonamides is 1. The summed E-state index contributed by atoms with van der Waals surface area (Å²) in [4.78, 5) is 14.6. The fraction of sp³-hybridized carbons (Fsp3) is 0.409. The van der Waals surface area contributed by atoms with Crippen molar-refractivity contribution in [2.45, 2.75) is 42.7 Å². The molecule has 1 aliphatic carbocycles. The molecule has 0 aromatic heterocycles. The SMILES string of the molecule is CN(C)[C@@H](CNC(=O)c1cccc(S(=O)(=O)NC2CCCC2)c1)c1cccc(F)c1. The molecule has 2 N–H and O–H groups in total. The Morgan fingerprint density at radius 2 is 1.83 bits per heavy atom. The zero-order valence-electron chi connectivity index (χ0n) is 17.3. The van der Waals surface area contributed by atoms with E-state index in [4.69, 9.17) is 0 Å². The van der Waals surface area contributed by atoms with Crippen molar-refractivity contribution in [2.75, 3.05) is 20.6 Å². The molecule has 0 unspecified atom stereocenters. The molecule has 0 bridgehead atoms. The third-order valence-corrected chi connectivity index (χ3v) is 6.91. The van der Waals surface area contributed by atoms with Gasteiger partial charge in [0, 0.05) is 18.2 Å². The maximum Gasteiger partial charge on any atom is 0.251 e. The molecule has 0 spiro atoms. The summed E-state index contributed by atoms with van der Waals surface area (Å²) in [5, 5.41) is 2.83. The van der Waals surface area contributed by atoms with Gasteiger partial charge in [-0.15, -0.1) is 0 Å². The Labute approximate surface area is 177 Å². The maximum absolute atomic E-state index is 13.6. The lowest BCUT2D eigenvalue weighted by molar-refractivity contribution is 0.0941. The Balaban J connectivity index is 1.70. The zero-order valence-corrected chi connectivity index (χ0v) is 18.1. The minimum absolute atomic E-state index is 0.0420. The van der Waals surface area contributed by atoms with Crippen molar-refractivity contribution in [3.05, 3.63) is 65.5 Å². The minimum Gasteiger partial charge on any atom is -0.350 e. The molecular weight excluding hydrogens is 405 g/mol. The number of likely N-dealkylation sites (N-methyl/N-ethyl adjacent to an activating group) is 1. The Morgan fingerprint density at radius 3 is 2.50 bits per heavy atom. The van der Waals surface area contributed by atoms with E-state index in [-0.39, 0.29) is 40.8 Å². The standard InChI is InChI=1S/C22H28FN3O3S/c1-26(2)21(16-7-5-9-18(23)13-16)15-24-22(27)17-8-6-12-20(14-17)30(28,29)25-19-10-3-4-11-19/h5-9,12-14,19,21,25H,3-4,10-11,15H2,1-2H3,(H,24,27)/t21-/m0/s1. The van der Waals surface area contributed by atoms with Crippen molar-refractivity contribution in [1.29, 1.82) is 0 Å². The van der Waals surface area contributed by atoms with Gasteiger partial charge in [-0.05, 0) is 62.8 Å². The fourth-order valence-corrected chi connectivity index (χ4v) is 5.09. The maximum atomic E-state index is 13.6. The van der Waals surface area contributed by atoms with E-state index in [1.54, 1.807) is 18.2 Å². The van der Waals surface area contributed by atoms with Crippen molar-refractivity contribution in [3.8, 4) is 0 Å². The number of benzene rings is 2. The van der Waals surface area contributed by atoms with Crippen LogP contribution < -0.4 is 10.0 Å². The van der Waals surface area contributed by atoms with Crippen LogP contribution in [0.3, 0.4) is 0 Å². The first-order valence-corrected chi connectivity index (χ1v) is 11.6. The van der Waals surface area contributed by atoms with Crippen molar-refractivity contribution in [3.63, 3.8) is 0 Å². The molecule has 1 amide bonds. The molecule has 30 heavy (non-hydrogen) atoms. The molecule has 3 rings (SSSR count). The third kappa shape index (κ3) is 5.65. The van der Waals surface area contributed by atoms with Crippen molar-refractivity contribution in [1.82, 2.24) is 14.9 Å². The number of nitrogens with one attached hydrogen (secondary N) is 2. The van der Waals surface area contributed by atoms with Crippen molar-refractivity contribution < 1.29 is 17.6 Å². The summed E-state index contributed by atoms with van der Waals surface area (Å²) in [6, 6.07) is 12.0. The van der Waals surface area contributed by atoms with E-state index in [1.807, 2.05) is 25.1 Å². The lowest BCUT2D eigenvalue weighted by atomic mass is 10.1. The average molecular weight is 434 g/mol. The monoisotopic (exact) mass is 433 g/mol. The van der Waals surface area contributed by atoms with Crippen LogP contribution in [0.25, 0.3) is 0 Å². The van der Waals surface area contributed by atoms with Gasteiger partial charge in [0.2, 0.25) is 10.0 Å². The van der Waals surface area contributed by atoms with Crippen LogP contribution in [-0.4, -0.2) is 45.9 Å². The number of nitrogens with zero attached hydrogens (tertiary/aromatic N) is 1. The summed E-state index contributed by atoms with van der Waals surface area (Å²) in [5.41, 5.74) is 1.01. The van der Waals surface area contributed by atoms with Crippen molar-refractivity contribution >= 4 is 15.9 Å². The molecule has 1 saturated carbocycles. The highest BCUT2D eigenvalue weighted by Gasteiger charge is 2.24. The molecule has 6 nitrogen and oxygen atoms in total. The van der Waals surface area contributed by atoms with E-state index in [1.165, 1.54) is 24.3 Å². The van der Waals surface area contributed by atoms with E-state index in [0.29, 0.717) is 0 Å². The topological polar surface area (TPSA) is 78.5 Å². The van der Waals surface area contributed by atoms with Gasteiger partial charge in [0.25, 0.3) is 5.91 Å². The molecular formula is C22H28FN3O3S.